The molecule has 2 amide bonds. The van der Waals surface area contributed by atoms with E-state index in [4.69, 9.17) is 0 Å². The average Bonchev–Trinajstić information content (AvgIpc) is 2.95. The summed E-state index contributed by atoms with van der Waals surface area (Å²) in [6.07, 6.45) is 2.27. The molecule has 1 fully saturated rings. The summed E-state index contributed by atoms with van der Waals surface area (Å²) in [7, 11) is 1.95. The molecule has 6 heteroatoms. The van der Waals surface area contributed by atoms with Crippen LogP contribution in [0.4, 0.5) is 5.69 Å². The second-order valence-electron chi connectivity index (χ2n) is 5.88. The summed E-state index contributed by atoms with van der Waals surface area (Å²) < 4.78 is 0. The number of rotatable bonds is 3. The molecule has 1 aromatic rings. The van der Waals surface area contributed by atoms with Gasteiger partial charge in [0.2, 0.25) is 5.91 Å². The highest BCUT2D eigenvalue weighted by atomic mass is 35.5. The second kappa shape index (κ2) is 7.11. The van der Waals surface area contributed by atoms with Gasteiger partial charge in [0.25, 0.3) is 5.91 Å². The minimum Gasteiger partial charge on any atom is -0.338 e. The summed E-state index contributed by atoms with van der Waals surface area (Å²) in [5.74, 6) is 0.709. The molecule has 1 unspecified atom stereocenters. The van der Waals surface area contributed by atoms with Gasteiger partial charge in [0.15, 0.2) is 0 Å². The van der Waals surface area contributed by atoms with Crippen molar-refractivity contribution in [3.63, 3.8) is 0 Å². The van der Waals surface area contributed by atoms with E-state index in [1.54, 1.807) is 0 Å². The molecule has 0 radical (unpaired) electrons. The van der Waals surface area contributed by atoms with E-state index in [9.17, 15) is 9.59 Å². The van der Waals surface area contributed by atoms with Gasteiger partial charge < -0.3 is 15.5 Å². The number of carbonyl (C=O) groups is 2. The Morgan fingerprint density at radius 1 is 1.41 bits per heavy atom. The number of likely N-dealkylation sites (tertiary alicyclic amines) is 1. The van der Waals surface area contributed by atoms with Crippen LogP contribution in [0.25, 0.3) is 0 Å². The van der Waals surface area contributed by atoms with Gasteiger partial charge in [-0.05, 0) is 56.1 Å². The van der Waals surface area contributed by atoms with Crippen LogP contribution in [0.2, 0.25) is 0 Å². The van der Waals surface area contributed by atoms with Crippen LogP contribution in [0, 0.1) is 5.92 Å². The maximum Gasteiger partial charge on any atom is 0.253 e. The monoisotopic (exact) mass is 323 g/mol. The molecular weight excluding hydrogens is 302 g/mol. The number of hydrogen-bond donors (Lipinski definition) is 2. The van der Waals surface area contributed by atoms with Crippen molar-refractivity contribution < 1.29 is 9.59 Å². The van der Waals surface area contributed by atoms with Crippen LogP contribution in [0.15, 0.2) is 18.2 Å². The van der Waals surface area contributed by atoms with Gasteiger partial charge in [-0.2, -0.15) is 0 Å². The van der Waals surface area contributed by atoms with Crippen LogP contribution in [-0.2, 0) is 11.2 Å². The molecule has 1 atom stereocenters. The van der Waals surface area contributed by atoms with Crippen molar-refractivity contribution in [3.8, 4) is 0 Å². The fourth-order valence-electron chi connectivity index (χ4n) is 3.17. The third kappa shape index (κ3) is 3.42. The lowest BCUT2D eigenvalue weighted by Crippen LogP contribution is -2.30. The number of benzene rings is 1. The topological polar surface area (TPSA) is 61.4 Å². The van der Waals surface area contributed by atoms with E-state index in [2.05, 4.69) is 10.6 Å². The molecule has 1 aromatic carbocycles. The van der Waals surface area contributed by atoms with Gasteiger partial charge in [-0.1, -0.05) is 0 Å². The number of nitrogens with zero attached hydrogens (tertiary/aromatic N) is 1. The van der Waals surface area contributed by atoms with E-state index in [0.717, 1.165) is 42.9 Å². The zero-order chi connectivity index (χ0) is 14.8. The lowest BCUT2D eigenvalue weighted by Gasteiger charge is -2.20. The molecule has 2 aliphatic rings. The summed E-state index contributed by atoms with van der Waals surface area (Å²) >= 11 is 0. The summed E-state index contributed by atoms with van der Waals surface area (Å²) in [5, 5.41) is 6.02. The third-order valence-electron chi connectivity index (χ3n) is 4.31. The number of nitrogens with one attached hydrogen (secondary N) is 2. The van der Waals surface area contributed by atoms with Gasteiger partial charge in [-0.25, -0.2) is 0 Å². The predicted octanol–water partition coefficient (Wildman–Crippen LogP) is 1.67. The summed E-state index contributed by atoms with van der Waals surface area (Å²) in [6, 6.07) is 5.60. The smallest absolute Gasteiger partial charge is 0.253 e. The van der Waals surface area contributed by atoms with Crippen LogP contribution in [0.1, 0.15) is 28.8 Å². The fourth-order valence-corrected chi connectivity index (χ4v) is 3.17. The molecule has 0 bridgehead atoms. The van der Waals surface area contributed by atoms with Crippen LogP contribution in [-0.4, -0.2) is 43.4 Å². The normalized spacial score (nSPS) is 20.1. The molecule has 0 saturated carbocycles. The Bertz CT molecular complexity index is 577. The number of fused-ring (bicyclic) bond motifs is 1. The lowest BCUT2D eigenvalue weighted by atomic mass is 10.00. The number of carbonyl (C=O) groups excluding carboxylic acids is 2. The van der Waals surface area contributed by atoms with Crippen molar-refractivity contribution in [1.29, 1.82) is 0 Å². The molecule has 5 nitrogen and oxygen atoms in total. The molecule has 22 heavy (non-hydrogen) atoms. The van der Waals surface area contributed by atoms with Crippen molar-refractivity contribution in [2.24, 2.45) is 5.92 Å². The van der Waals surface area contributed by atoms with Crippen LogP contribution >= 0.6 is 12.4 Å². The molecule has 120 valence electrons. The summed E-state index contributed by atoms with van der Waals surface area (Å²) in [5.41, 5.74) is 2.64. The first-order chi connectivity index (χ1) is 10.2. The number of amides is 2. The average molecular weight is 324 g/mol. The third-order valence-corrected chi connectivity index (χ3v) is 4.31. The van der Waals surface area contributed by atoms with E-state index >= 15 is 0 Å². The Kier molecular flexibility index (Phi) is 5.42. The van der Waals surface area contributed by atoms with Gasteiger partial charge >= 0.3 is 0 Å². The fraction of sp³-hybridized carbons (Fsp3) is 0.500. The van der Waals surface area contributed by atoms with Gasteiger partial charge in [0, 0.05) is 30.8 Å². The molecule has 2 heterocycles. The summed E-state index contributed by atoms with van der Waals surface area (Å²) in [6.45, 7) is 2.62. The second-order valence-corrected chi connectivity index (χ2v) is 5.88. The van der Waals surface area contributed by atoms with Crippen molar-refractivity contribution in [2.75, 3.05) is 32.0 Å². The number of anilines is 1. The predicted molar refractivity (Wildman–Crippen MR) is 88.6 cm³/mol. The first-order valence-electron chi connectivity index (χ1n) is 7.54. The van der Waals surface area contributed by atoms with Crippen LogP contribution in [0.5, 0.6) is 0 Å². The number of aryl methyl sites for hydroxylation is 1. The van der Waals surface area contributed by atoms with Crippen LogP contribution < -0.4 is 10.6 Å². The van der Waals surface area contributed by atoms with E-state index < -0.39 is 0 Å². The zero-order valence-corrected chi connectivity index (χ0v) is 13.5. The highest BCUT2D eigenvalue weighted by Gasteiger charge is 2.27. The Morgan fingerprint density at radius 2 is 2.23 bits per heavy atom. The number of hydrogen-bond acceptors (Lipinski definition) is 3. The van der Waals surface area contributed by atoms with E-state index in [1.165, 1.54) is 0 Å². The zero-order valence-electron chi connectivity index (χ0n) is 12.7. The quantitative estimate of drug-likeness (QED) is 0.889. The molecule has 2 aliphatic heterocycles. The lowest BCUT2D eigenvalue weighted by molar-refractivity contribution is -0.116. The largest absolute Gasteiger partial charge is 0.338 e. The van der Waals surface area contributed by atoms with E-state index in [0.29, 0.717) is 18.8 Å². The summed E-state index contributed by atoms with van der Waals surface area (Å²) in [4.78, 5) is 25.9. The van der Waals surface area contributed by atoms with Crippen molar-refractivity contribution in [3.05, 3.63) is 29.3 Å². The molecule has 3 rings (SSSR count). The standard InChI is InChI=1S/C16H21N3O2.ClH/c1-17-9-11-6-7-19(10-11)16(21)13-2-4-14-12(8-13)3-5-15(20)18-14;/h2,4,8,11,17H,3,5-7,9-10H2,1H3,(H,18,20);1H. The Balaban J connectivity index is 0.00000176. The molecule has 0 spiro atoms. The number of halogens is 1. The van der Waals surface area contributed by atoms with E-state index in [1.807, 2.05) is 30.1 Å². The van der Waals surface area contributed by atoms with Crippen LogP contribution in [0.3, 0.4) is 0 Å². The molecule has 0 aromatic heterocycles. The highest BCUT2D eigenvalue weighted by molar-refractivity contribution is 5.98. The molecule has 2 N–H and O–H groups in total. The first kappa shape index (κ1) is 16.8. The van der Waals surface area contributed by atoms with Gasteiger partial charge in [-0.15, -0.1) is 12.4 Å². The molecular formula is C16H22ClN3O2. The Labute approximate surface area is 136 Å². The molecule has 1 saturated heterocycles. The minimum absolute atomic E-state index is 0. The van der Waals surface area contributed by atoms with Gasteiger partial charge in [-0.3, -0.25) is 9.59 Å². The van der Waals surface area contributed by atoms with Crippen molar-refractivity contribution in [1.82, 2.24) is 10.2 Å². The molecule has 0 aliphatic carbocycles. The van der Waals surface area contributed by atoms with Gasteiger partial charge in [0.05, 0.1) is 0 Å². The van der Waals surface area contributed by atoms with Crippen molar-refractivity contribution >= 4 is 29.9 Å². The maximum atomic E-state index is 12.6. The Morgan fingerprint density at radius 3 is 3.00 bits per heavy atom. The SMILES string of the molecule is CNCC1CCN(C(=O)c2ccc3c(c2)CCC(=O)N3)C1.Cl. The van der Waals surface area contributed by atoms with Crippen molar-refractivity contribution in [2.45, 2.75) is 19.3 Å². The van der Waals surface area contributed by atoms with E-state index in [-0.39, 0.29) is 24.2 Å². The Hall–Kier alpha value is -1.59. The minimum atomic E-state index is 0. The first-order valence-corrected chi connectivity index (χ1v) is 7.54. The van der Waals surface area contributed by atoms with Gasteiger partial charge in [0.1, 0.15) is 0 Å². The highest BCUT2D eigenvalue weighted by Crippen LogP contribution is 2.25. The maximum absolute atomic E-state index is 12.6.